The monoisotopic (exact) mass is 414 g/mol. The van der Waals surface area contributed by atoms with Crippen LogP contribution in [-0.4, -0.2) is 46.5 Å². The lowest BCUT2D eigenvalue weighted by Crippen LogP contribution is -2.21. The molecule has 0 aliphatic rings. The lowest BCUT2D eigenvalue weighted by Gasteiger charge is -2.11. The molecule has 1 aromatic carbocycles. The number of amides is 2. The second-order valence-corrected chi connectivity index (χ2v) is 8.82. The van der Waals surface area contributed by atoms with Gasteiger partial charge in [-0.1, -0.05) is 11.8 Å². The molecule has 28 heavy (non-hydrogen) atoms. The van der Waals surface area contributed by atoms with Gasteiger partial charge in [0.15, 0.2) is 0 Å². The van der Waals surface area contributed by atoms with E-state index in [0.29, 0.717) is 17.1 Å². The highest BCUT2D eigenvalue weighted by atomic mass is 32.2. The van der Waals surface area contributed by atoms with Crippen LogP contribution < -0.4 is 5.32 Å². The molecule has 2 aromatic heterocycles. The van der Waals surface area contributed by atoms with Crippen molar-refractivity contribution in [1.82, 2.24) is 14.9 Å². The van der Waals surface area contributed by atoms with Crippen molar-refractivity contribution in [2.24, 2.45) is 0 Å². The minimum atomic E-state index is -0.120. The number of benzene rings is 1. The number of nitrogens with one attached hydrogen (secondary N) is 1. The Hall–Kier alpha value is -2.45. The van der Waals surface area contributed by atoms with Crippen molar-refractivity contribution in [3.8, 4) is 0 Å². The summed E-state index contributed by atoms with van der Waals surface area (Å²) in [6, 6.07) is 6.89. The van der Waals surface area contributed by atoms with Crippen molar-refractivity contribution in [2.45, 2.75) is 25.8 Å². The summed E-state index contributed by atoms with van der Waals surface area (Å²) in [5.41, 5.74) is 2.41. The van der Waals surface area contributed by atoms with Crippen LogP contribution in [0.15, 0.2) is 29.3 Å². The van der Waals surface area contributed by atoms with Crippen LogP contribution in [0, 0.1) is 20.8 Å². The van der Waals surface area contributed by atoms with Gasteiger partial charge in [-0.2, -0.15) is 0 Å². The van der Waals surface area contributed by atoms with E-state index in [1.165, 1.54) is 27.1 Å². The van der Waals surface area contributed by atoms with Gasteiger partial charge in [-0.25, -0.2) is 9.97 Å². The summed E-state index contributed by atoms with van der Waals surface area (Å²) in [5.74, 6) is 0.764. The third-order valence-electron chi connectivity index (χ3n) is 4.27. The van der Waals surface area contributed by atoms with E-state index in [4.69, 9.17) is 0 Å². The molecule has 3 rings (SSSR count). The zero-order chi connectivity index (χ0) is 20.4. The number of hydrogen-bond acceptors (Lipinski definition) is 6. The first kappa shape index (κ1) is 20.3. The number of carbonyl (C=O) groups excluding carboxylic acids is 2. The topological polar surface area (TPSA) is 75.2 Å². The number of anilines is 1. The number of rotatable bonds is 5. The largest absolute Gasteiger partial charge is 0.345 e. The lowest BCUT2D eigenvalue weighted by molar-refractivity contribution is -0.113. The van der Waals surface area contributed by atoms with E-state index in [1.807, 2.05) is 6.92 Å². The Balaban J connectivity index is 1.68. The maximum absolute atomic E-state index is 12.4. The fourth-order valence-corrected chi connectivity index (χ4v) is 4.77. The molecule has 8 heteroatoms. The van der Waals surface area contributed by atoms with Crippen LogP contribution in [0.4, 0.5) is 5.69 Å². The summed E-state index contributed by atoms with van der Waals surface area (Å²) in [7, 11) is 3.41. The van der Waals surface area contributed by atoms with Gasteiger partial charge in [-0.3, -0.25) is 9.59 Å². The molecule has 0 saturated carbocycles. The molecule has 0 radical (unpaired) electrons. The standard InChI is InChI=1S/C20H22N4O2S2/c1-11-12(2)28-19-17(11)18(21-13(3)22-19)27-10-16(25)23-15-8-6-14(7-9-15)20(26)24(4)5/h6-9H,10H2,1-5H3,(H,23,25). The van der Waals surface area contributed by atoms with Gasteiger partial charge in [-0.05, 0) is 50.6 Å². The SMILES string of the molecule is Cc1nc(SCC(=O)Nc2ccc(C(=O)N(C)C)cc2)c2c(C)c(C)sc2n1. The number of thiophene rings is 1. The molecule has 6 nitrogen and oxygen atoms in total. The van der Waals surface area contributed by atoms with Crippen LogP contribution >= 0.6 is 23.1 Å². The van der Waals surface area contributed by atoms with Crippen molar-refractivity contribution in [2.75, 3.05) is 25.2 Å². The average Bonchev–Trinajstić information content (AvgIpc) is 2.93. The summed E-state index contributed by atoms with van der Waals surface area (Å²) < 4.78 is 0. The summed E-state index contributed by atoms with van der Waals surface area (Å²) >= 11 is 3.07. The Bertz CT molecular complexity index is 1040. The Labute approximate surface area is 172 Å². The second-order valence-electron chi connectivity index (χ2n) is 6.65. The quantitative estimate of drug-likeness (QED) is 0.504. The smallest absolute Gasteiger partial charge is 0.253 e. The summed E-state index contributed by atoms with van der Waals surface area (Å²) in [5, 5.41) is 4.74. The third kappa shape index (κ3) is 4.34. The van der Waals surface area contributed by atoms with Gasteiger partial charge in [0.05, 0.1) is 5.75 Å². The molecular weight excluding hydrogens is 392 g/mol. The van der Waals surface area contributed by atoms with E-state index in [9.17, 15) is 9.59 Å². The maximum Gasteiger partial charge on any atom is 0.253 e. The fourth-order valence-electron chi connectivity index (χ4n) is 2.70. The number of carbonyl (C=O) groups is 2. The first-order valence-corrected chi connectivity index (χ1v) is 10.5. The minimum absolute atomic E-state index is 0.0713. The molecule has 2 heterocycles. The van der Waals surface area contributed by atoms with Crippen molar-refractivity contribution in [3.63, 3.8) is 0 Å². The Morgan fingerprint density at radius 1 is 1.11 bits per heavy atom. The Morgan fingerprint density at radius 2 is 1.79 bits per heavy atom. The zero-order valence-corrected chi connectivity index (χ0v) is 18.1. The fraction of sp³-hybridized carbons (Fsp3) is 0.300. The normalized spacial score (nSPS) is 10.9. The second kappa shape index (κ2) is 8.28. The van der Waals surface area contributed by atoms with Gasteiger partial charge < -0.3 is 10.2 Å². The van der Waals surface area contributed by atoms with Crippen LogP contribution in [-0.2, 0) is 4.79 Å². The molecule has 2 amide bonds. The number of aromatic nitrogens is 2. The van der Waals surface area contributed by atoms with Crippen molar-refractivity contribution < 1.29 is 9.59 Å². The molecule has 0 saturated heterocycles. The predicted octanol–water partition coefficient (Wildman–Crippen LogP) is 4.05. The average molecular weight is 415 g/mol. The first-order chi connectivity index (χ1) is 13.3. The van der Waals surface area contributed by atoms with Crippen molar-refractivity contribution in [1.29, 1.82) is 0 Å². The molecule has 1 N–H and O–H groups in total. The van der Waals surface area contributed by atoms with Crippen LogP contribution in [0.2, 0.25) is 0 Å². The number of nitrogens with zero attached hydrogens (tertiary/aromatic N) is 3. The highest BCUT2D eigenvalue weighted by Crippen LogP contribution is 2.35. The zero-order valence-electron chi connectivity index (χ0n) is 16.5. The van der Waals surface area contributed by atoms with Gasteiger partial charge in [0, 0.05) is 35.6 Å². The highest BCUT2D eigenvalue weighted by Gasteiger charge is 2.15. The maximum atomic E-state index is 12.4. The van der Waals surface area contributed by atoms with Crippen molar-refractivity contribution >= 4 is 50.8 Å². The molecule has 0 unspecified atom stereocenters. The van der Waals surface area contributed by atoms with E-state index in [1.54, 1.807) is 49.7 Å². The summed E-state index contributed by atoms with van der Waals surface area (Å²) in [6.45, 7) is 6.00. The van der Waals surface area contributed by atoms with Crippen LogP contribution in [0.25, 0.3) is 10.2 Å². The molecule has 0 aliphatic carbocycles. The molecule has 3 aromatic rings. The van der Waals surface area contributed by atoms with Gasteiger partial charge in [0.1, 0.15) is 15.7 Å². The Morgan fingerprint density at radius 3 is 2.43 bits per heavy atom. The van der Waals surface area contributed by atoms with Crippen LogP contribution in [0.1, 0.15) is 26.6 Å². The Kier molecular flexibility index (Phi) is 6.00. The van der Waals surface area contributed by atoms with Gasteiger partial charge in [0.25, 0.3) is 5.91 Å². The molecule has 0 bridgehead atoms. The van der Waals surface area contributed by atoms with Gasteiger partial charge in [0.2, 0.25) is 5.91 Å². The molecular formula is C20H22N4O2S2. The van der Waals surface area contributed by atoms with E-state index >= 15 is 0 Å². The molecule has 0 fully saturated rings. The first-order valence-electron chi connectivity index (χ1n) is 8.75. The molecule has 0 aliphatic heterocycles. The predicted molar refractivity (Wildman–Crippen MR) is 115 cm³/mol. The third-order valence-corrected chi connectivity index (χ3v) is 6.35. The number of hydrogen-bond donors (Lipinski definition) is 1. The van der Waals surface area contributed by atoms with E-state index in [-0.39, 0.29) is 17.6 Å². The lowest BCUT2D eigenvalue weighted by atomic mass is 10.2. The number of fused-ring (bicyclic) bond motifs is 1. The van der Waals surface area contributed by atoms with Crippen LogP contribution in [0.3, 0.4) is 0 Å². The van der Waals surface area contributed by atoms with Crippen LogP contribution in [0.5, 0.6) is 0 Å². The van der Waals surface area contributed by atoms with Crippen molar-refractivity contribution in [3.05, 3.63) is 46.1 Å². The van der Waals surface area contributed by atoms with E-state index in [0.717, 1.165) is 15.2 Å². The highest BCUT2D eigenvalue weighted by molar-refractivity contribution is 8.00. The van der Waals surface area contributed by atoms with E-state index < -0.39 is 0 Å². The molecule has 0 atom stereocenters. The summed E-state index contributed by atoms with van der Waals surface area (Å²) in [6.07, 6.45) is 0. The van der Waals surface area contributed by atoms with E-state index in [2.05, 4.69) is 29.1 Å². The molecule has 0 spiro atoms. The summed E-state index contributed by atoms with van der Waals surface area (Å²) in [4.78, 5) is 37.0. The molecule has 146 valence electrons. The number of aryl methyl sites for hydroxylation is 3. The minimum Gasteiger partial charge on any atom is -0.345 e. The van der Waals surface area contributed by atoms with Gasteiger partial charge in [-0.15, -0.1) is 11.3 Å². The van der Waals surface area contributed by atoms with Gasteiger partial charge >= 0.3 is 0 Å². The number of thioether (sulfide) groups is 1.